The number of hydrogen-bond donors (Lipinski definition) is 2. The lowest BCUT2D eigenvalue weighted by atomic mass is 10.2. The maximum Gasteiger partial charge on any atom is 0.230 e. The largest absolute Gasteiger partial charge is 0.364 e. The molecule has 0 spiro atoms. The Bertz CT molecular complexity index is 1020. The molecule has 2 aliphatic rings. The van der Waals surface area contributed by atoms with Gasteiger partial charge in [0.25, 0.3) is 0 Å². The second-order valence-corrected chi connectivity index (χ2v) is 9.36. The van der Waals surface area contributed by atoms with Gasteiger partial charge in [0.2, 0.25) is 5.95 Å². The maximum absolute atomic E-state index is 4.80. The molecule has 29 heavy (non-hydrogen) atoms. The zero-order valence-corrected chi connectivity index (χ0v) is 18.0. The van der Waals surface area contributed by atoms with E-state index in [0.717, 1.165) is 53.7 Å². The quantitative estimate of drug-likeness (QED) is 0.663. The fraction of sp³-hybridized carbons (Fsp3) is 0.476. The molecule has 0 amide bonds. The molecule has 1 saturated heterocycles. The fourth-order valence-corrected chi connectivity index (χ4v) is 4.56. The van der Waals surface area contributed by atoms with E-state index in [9.17, 15) is 0 Å². The highest BCUT2D eigenvalue weighted by molar-refractivity contribution is 7.17. The SMILES string of the molecule is Cc1csc2nc(Nc3ccc(N4CCN(C)CC4)nc3)nc(NC3(C)CC3)c12. The van der Waals surface area contributed by atoms with Crippen molar-refractivity contribution < 1.29 is 0 Å². The first-order valence-electron chi connectivity index (χ1n) is 10.2. The molecule has 0 aromatic carbocycles. The summed E-state index contributed by atoms with van der Waals surface area (Å²) in [6.45, 7) is 8.55. The number of rotatable bonds is 5. The van der Waals surface area contributed by atoms with Gasteiger partial charge >= 0.3 is 0 Å². The molecule has 2 fully saturated rings. The average Bonchev–Trinajstić information content (AvgIpc) is 3.31. The highest BCUT2D eigenvalue weighted by Gasteiger charge is 2.38. The van der Waals surface area contributed by atoms with Crippen LogP contribution in [0.5, 0.6) is 0 Å². The molecule has 8 heteroatoms. The van der Waals surface area contributed by atoms with Crippen molar-refractivity contribution in [1.29, 1.82) is 0 Å². The van der Waals surface area contributed by atoms with Crippen LogP contribution in [0.3, 0.4) is 0 Å². The van der Waals surface area contributed by atoms with Gasteiger partial charge in [-0.15, -0.1) is 11.3 Å². The van der Waals surface area contributed by atoms with Crippen LogP contribution in [-0.2, 0) is 0 Å². The van der Waals surface area contributed by atoms with Gasteiger partial charge in [-0.25, -0.2) is 9.97 Å². The van der Waals surface area contributed by atoms with E-state index in [1.807, 2.05) is 6.20 Å². The molecule has 1 aliphatic heterocycles. The number of anilines is 4. The molecule has 152 valence electrons. The smallest absolute Gasteiger partial charge is 0.230 e. The summed E-state index contributed by atoms with van der Waals surface area (Å²) in [5, 5.41) is 10.3. The van der Waals surface area contributed by atoms with E-state index >= 15 is 0 Å². The van der Waals surface area contributed by atoms with Crippen LogP contribution in [0.1, 0.15) is 25.3 Å². The van der Waals surface area contributed by atoms with Gasteiger partial charge in [0, 0.05) is 31.7 Å². The number of aryl methyl sites for hydroxylation is 1. The molecule has 0 atom stereocenters. The topological polar surface area (TPSA) is 69.2 Å². The summed E-state index contributed by atoms with van der Waals surface area (Å²) in [4.78, 5) is 19.9. The summed E-state index contributed by atoms with van der Waals surface area (Å²) in [6, 6.07) is 4.13. The van der Waals surface area contributed by atoms with Gasteiger partial charge in [0.1, 0.15) is 16.5 Å². The minimum atomic E-state index is 0.165. The van der Waals surface area contributed by atoms with Gasteiger partial charge in [-0.2, -0.15) is 4.98 Å². The first-order chi connectivity index (χ1) is 14.0. The van der Waals surface area contributed by atoms with Crippen molar-refractivity contribution in [3.05, 3.63) is 29.3 Å². The number of nitrogens with one attached hydrogen (secondary N) is 2. The second kappa shape index (κ2) is 7.11. The van der Waals surface area contributed by atoms with E-state index in [1.54, 1.807) is 11.3 Å². The van der Waals surface area contributed by atoms with Crippen molar-refractivity contribution in [2.75, 3.05) is 48.8 Å². The van der Waals surface area contributed by atoms with Gasteiger partial charge in [0.05, 0.1) is 17.3 Å². The molecule has 1 aliphatic carbocycles. The maximum atomic E-state index is 4.80. The Kier molecular flexibility index (Phi) is 4.55. The Balaban J connectivity index is 1.37. The molecule has 0 radical (unpaired) electrons. The average molecular weight is 410 g/mol. The molecule has 3 aromatic rings. The number of thiophene rings is 1. The number of pyridine rings is 1. The lowest BCUT2D eigenvalue weighted by Crippen LogP contribution is -2.44. The van der Waals surface area contributed by atoms with Crippen LogP contribution < -0.4 is 15.5 Å². The molecule has 3 aromatic heterocycles. The Labute approximate surface area is 175 Å². The van der Waals surface area contributed by atoms with Crippen LogP contribution in [0.4, 0.5) is 23.3 Å². The van der Waals surface area contributed by atoms with E-state index < -0.39 is 0 Å². The van der Waals surface area contributed by atoms with Crippen LogP contribution >= 0.6 is 11.3 Å². The highest BCUT2D eigenvalue weighted by Crippen LogP contribution is 2.41. The van der Waals surface area contributed by atoms with Crippen LogP contribution in [0.2, 0.25) is 0 Å². The number of likely N-dealkylation sites (N-methyl/N-ethyl adjacent to an activating group) is 1. The van der Waals surface area contributed by atoms with Gasteiger partial charge in [0.15, 0.2) is 0 Å². The predicted octanol–water partition coefficient (Wildman–Crippen LogP) is 3.85. The Morgan fingerprint density at radius 3 is 2.59 bits per heavy atom. The van der Waals surface area contributed by atoms with Crippen LogP contribution in [-0.4, -0.2) is 58.6 Å². The molecule has 0 bridgehead atoms. The number of fused-ring (bicyclic) bond motifs is 1. The zero-order chi connectivity index (χ0) is 20.0. The Morgan fingerprint density at radius 1 is 1.10 bits per heavy atom. The molecule has 1 saturated carbocycles. The van der Waals surface area contributed by atoms with Gasteiger partial charge < -0.3 is 20.4 Å². The number of nitrogens with zero attached hydrogens (tertiary/aromatic N) is 5. The lowest BCUT2D eigenvalue weighted by molar-refractivity contribution is 0.312. The predicted molar refractivity (Wildman–Crippen MR) is 121 cm³/mol. The number of aromatic nitrogens is 3. The van der Waals surface area contributed by atoms with Crippen molar-refractivity contribution >= 4 is 44.8 Å². The molecular formula is C21H27N7S. The molecule has 5 rings (SSSR count). The van der Waals surface area contributed by atoms with Crippen LogP contribution in [0, 0.1) is 6.92 Å². The second-order valence-electron chi connectivity index (χ2n) is 8.50. The highest BCUT2D eigenvalue weighted by atomic mass is 32.1. The van der Waals surface area contributed by atoms with Crippen molar-refractivity contribution in [3.8, 4) is 0 Å². The van der Waals surface area contributed by atoms with Crippen LogP contribution in [0.25, 0.3) is 10.2 Å². The summed E-state index contributed by atoms with van der Waals surface area (Å²) in [7, 11) is 2.16. The zero-order valence-electron chi connectivity index (χ0n) is 17.2. The van der Waals surface area contributed by atoms with E-state index in [2.05, 4.69) is 63.8 Å². The minimum Gasteiger partial charge on any atom is -0.364 e. The van der Waals surface area contributed by atoms with Gasteiger partial charge in [-0.3, -0.25) is 0 Å². The lowest BCUT2D eigenvalue weighted by Gasteiger charge is -2.33. The van der Waals surface area contributed by atoms with E-state index in [4.69, 9.17) is 9.97 Å². The van der Waals surface area contributed by atoms with E-state index in [1.165, 1.54) is 18.4 Å². The molecular weight excluding hydrogens is 382 g/mol. The summed E-state index contributed by atoms with van der Waals surface area (Å²) in [5.74, 6) is 2.57. The number of piperazine rings is 1. The standard InChI is InChI=1S/C21H27N7S/c1-14-13-29-19-17(14)18(26-21(2)6-7-21)24-20(25-19)23-15-4-5-16(22-12-15)28-10-8-27(3)9-11-28/h4-5,12-13H,6-11H2,1-3H3,(H2,23,24,25,26). The third-order valence-electron chi connectivity index (χ3n) is 5.87. The van der Waals surface area contributed by atoms with Crippen molar-refractivity contribution in [3.63, 3.8) is 0 Å². The summed E-state index contributed by atoms with van der Waals surface area (Å²) in [5.41, 5.74) is 2.29. The monoisotopic (exact) mass is 409 g/mol. The van der Waals surface area contributed by atoms with E-state index in [0.29, 0.717) is 5.95 Å². The minimum absolute atomic E-state index is 0.165. The normalized spacial score (nSPS) is 18.8. The van der Waals surface area contributed by atoms with E-state index in [-0.39, 0.29) is 5.54 Å². The van der Waals surface area contributed by atoms with Gasteiger partial charge in [-0.05, 0) is 56.8 Å². The van der Waals surface area contributed by atoms with Crippen molar-refractivity contribution in [1.82, 2.24) is 19.9 Å². The third-order valence-corrected chi connectivity index (χ3v) is 6.86. The molecule has 7 nitrogen and oxygen atoms in total. The summed E-state index contributed by atoms with van der Waals surface area (Å²) in [6.07, 6.45) is 4.24. The van der Waals surface area contributed by atoms with Crippen molar-refractivity contribution in [2.24, 2.45) is 0 Å². The first-order valence-corrected chi connectivity index (χ1v) is 11.1. The Morgan fingerprint density at radius 2 is 1.90 bits per heavy atom. The summed E-state index contributed by atoms with van der Waals surface area (Å²) < 4.78 is 0. The van der Waals surface area contributed by atoms with Crippen LogP contribution in [0.15, 0.2) is 23.7 Å². The fourth-order valence-electron chi connectivity index (χ4n) is 3.64. The summed E-state index contributed by atoms with van der Waals surface area (Å²) >= 11 is 1.66. The van der Waals surface area contributed by atoms with Gasteiger partial charge in [-0.1, -0.05) is 0 Å². The molecule has 2 N–H and O–H groups in total. The molecule has 4 heterocycles. The Hall–Kier alpha value is -2.45. The molecule has 0 unspecified atom stereocenters. The first kappa shape index (κ1) is 18.6. The van der Waals surface area contributed by atoms with Crippen molar-refractivity contribution in [2.45, 2.75) is 32.2 Å². The third kappa shape index (κ3) is 3.86. The number of hydrogen-bond acceptors (Lipinski definition) is 8.